The van der Waals surface area contributed by atoms with Crippen LogP contribution in [0.3, 0.4) is 0 Å². The molecule has 0 saturated carbocycles. The van der Waals surface area contributed by atoms with Crippen molar-refractivity contribution in [1.82, 2.24) is 15.3 Å². The smallest absolute Gasteiger partial charge is 0.170 e. The Bertz CT molecular complexity index is 485. The van der Waals surface area contributed by atoms with Crippen molar-refractivity contribution in [2.75, 3.05) is 7.05 Å². The van der Waals surface area contributed by atoms with Gasteiger partial charge in [0.25, 0.3) is 0 Å². The number of benzene rings is 1. The van der Waals surface area contributed by atoms with E-state index in [2.05, 4.69) is 34.3 Å². The number of H-pyrrole nitrogens is 1. The van der Waals surface area contributed by atoms with Crippen LogP contribution in [0, 0.1) is 0 Å². The first-order valence-electron chi connectivity index (χ1n) is 5.34. The van der Waals surface area contributed by atoms with Gasteiger partial charge in [0.05, 0.1) is 0 Å². The van der Waals surface area contributed by atoms with Gasteiger partial charge in [-0.25, -0.2) is 4.98 Å². The molecule has 0 aliphatic heterocycles. The minimum absolute atomic E-state index is 0.255. The summed E-state index contributed by atoms with van der Waals surface area (Å²) < 4.78 is 0. The maximum Gasteiger partial charge on any atom is 0.170 e. The molecule has 0 aliphatic rings. The molecular weight excluding hydrogens is 254 g/mol. The van der Waals surface area contributed by atoms with Gasteiger partial charge < -0.3 is 10.3 Å². The van der Waals surface area contributed by atoms with Gasteiger partial charge in [-0.3, -0.25) is 0 Å². The maximum absolute atomic E-state index is 6.26. The first-order chi connectivity index (χ1) is 8.20. The Morgan fingerprint density at radius 1 is 1.47 bits per heavy atom. The molecule has 0 fully saturated rings. The molecule has 1 aromatic carbocycles. The summed E-state index contributed by atoms with van der Waals surface area (Å²) in [6.45, 7) is 2.08. The van der Waals surface area contributed by atoms with E-state index in [1.165, 1.54) is 0 Å². The van der Waals surface area contributed by atoms with Gasteiger partial charge in [-0.15, -0.1) is 0 Å². The van der Waals surface area contributed by atoms with Crippen LogP contribution < -0.4 is 5.32 Å². The van der Waals surface area contributed by atoms with Crippen molar-refractivity contribution in [2.24, 2.45) is 0 Å². The summed E-state index contributed by atoms with van der Waals surface area (Å²) in [6, 6.07) is 6.33. The molecule has 0 aliphatic carbocycles. The summed E-state index contributed by atoms with van der Waals surface area (Å²) >= 11 is 7.82. The van der Waals surface area contributed by atoms with Gasteiger partial charge in [-0.1, -0.05) is 29.4 Å². The van der Waals surface area contributed by atoms with E-state index in [0.717, 1.165) is 20.6 Å². The number of aromatic nitrogens is 2. The molecule has 0 saturated heterocycles. The molecule has 0 spiro atoms. The number of hydrogen-bond acceptors (Lipinski definition) is 3. The fourth-order valence-electron chi connectivity index (χ4n) is 1.50. The predicted octanol–water partition coefficient (Wildman–Crippen LogP) is 3.49. The van der Waals surface area contributed by atoms with Gasteiger partial charge in [0.2, 0.25) is 0 Å². The Hall–Kier alpha value is -0.970. The highest BCUT2D eigenvalue weighted by molar-refractivity contribution is 7.99. The highest BCUT2D eigenvalue weighted by atomic mass is 35.5. The summed E-state index contributed by atoms with van der Waals surface area (Å²) in [7, 11) is 1.92. The fourth-order valence-corrected chi connectivity index (χ4v) is 2.68. The average Bonchev–Trinajstić information content (AvgIpc) is 2.81. The molecule has 0 radical (unpaired) electrons. The molecule has 1 heterocycles. The highest BCUT2D eigenvalue weighted by Gasteiger charge is 2.09. The van der Waals surface area contributed by atoms with Crippen LogP contribution in [0.4, 0.5) is 0 Å². The van der Waals surface area contributed by atoms with Crippen LogP contribution in [-0.4, -0.2) is 17.0 Å². The highest BCUT2D eigenvalue weighted by Crippen LogP contribution is 2.30. The molecule has 2 rings (SSSR count). The molecule has 0 amide bonds. The molecule has 0 bridgehead atoms. The van der Waals surface area contributed by atoms with Crippen LogP contribution in [0.15, 0.2) is 40.6 Å². The zero-order valence-corrected chi connectivity index (χ0v) is 11.3. The standard InChI is InChI=1S/C12H14ClN3S/c1-8(14-2)10-4-3-9(7-11(10)13)17-12-15-5-6-16-12/h3-8,14H,1-2H3,(H,15,16). The molecule has 1 atom stereocenters. The molecular formula is C12H14ClN3S. The number of nitrogens with one attached hydrogen (secondary N) is 2. The average molecular weight is 268 g/mol. The third-order valence-corrected chi connectivity index (χ3v) is 3.79. The topological polar surface area (TPSA) is 40.7 Å². The first kappa shape index (κ1) is 12.5. The van der Waals surface area contributed by atoms with E-state index in [1.807, 2.05) is 13.1 Å². The zero-order chi connectivity index (χ0) is 12.3. The van der Waals surface area contributed by atoms with Crippen molar-refractivity contribution < 1.29 is 0 Å². The van der Waals surface area contributed by atoms with Crippen LogP contribution in [-0.2, 0) is 0 Å². The van der Waals surface area contributed by atoms with Crippen molar-refractivity contribution in [3.63, 3.8) is 0 Å². The maximum atomic E-state index is 6.26. The van der Waals surface area contributed by atoms with Crippen LogP contribution in [0.5, 0.6) is 0 Å². The monoisotopic (exact) mass is 267 g/mol. The largest absolute Gasteiger partial charge is 0.339 e. The Kier molecular flexibility index (Phi) is 4.10. The van der Waals surface area contributed by atoms with E-state index in [-0.39, 0.29) is 6.04 Å². The summed E-state index contributed by atoms with van der Waals surface area (Å²) in [6.07, 6.45) is 3.54. The van der Waals surface area contributed by atoms with Gasteiger partial charge in [0, 0.05) is 28.4 Å². The van der Waals surface area contributed by atoms with Crippen molar-refractivity contribution in [1.29, 1.82) is 0 Å². The quantitative estimate of drug-likeness (QED) is 0.891. The van der Waals surface area contributed by atoms with E-state index >= 15 is 0 Å². The SMILES string of the molecule is CNC(C)c1ccc(Sc2ncc[nH]2)cc1Cl. The number of aromatic amines is 1. The molecule has 2 aromatic rings. The van der Waals surface area contributed by atoms with Gasteiger partial charge in [-0.2, -0.15) is 0 Å². The molecule has 2 N–H and O–H groups in total. The predicted molar refractivity (Wildman–Crippen MR) is 71.6 cm³/mol. The fraction of sp³-hybridized carbons (Fsp3) is 0.250. The lowest BCUT2D eigenvalue weighted by Gasteiger charge is -2.13. The van der Waals surface area contributed by atoms with Crippen LogP contribution in [0.25, 0.3) is 0 Å². The molecule has 1 aromatic heterocycles. The first-order valence-corrected chi connectivity index (χ1v) is 6.54. The molecule has 3 nitrogen and oxygen atoms in total. The lowest BCUT2D eigenvalue weighted by molar-refractivity contribution is 0.652. The van der Waals surface area contributed by atoms with Crippen LogP contribution in [0.2, 0.25) is 5.02 Å². The van der Waals surface area contributed by atoms with Crippen molar-refractivity contribution in [3.8, 4) is 0 Å². The minimum Gasteiger partial charge on any atom is -0.339 e. The van der Waals surface area contributed by atoms with Gasteiger partial charge in [0.15, 0.2) is 5.16 Å². The number of nitrogens with zero attached hydrogens (tertiary/aromatic N) is 1. The number of rotatable bonds is 4. The Balaban J connectivity index is 2.19. The van der Waals surface area contributed by atoms with Gasteiger partial charge in [-0.05, 0) is 31.7 Å². The summed E-state index contributed by atoms with van der Waals surface area (Å²) in [5.74, 6) is 0. The molecule has 1 unspecified atom stereocenters. The van der Waals surface area contributed by atoms with E-state index in [0.29, 0.717) is 0 Å². The summed E-state index contributed by atoms with van der Waals surface area (Å²) in [4.78, 5) is 8.30. The van der Waals surface area contributed by atoms with Crippen molar-refractivity contribution >= 4 is 23.4 Å². The lowest BCUT2D eigenvalue weighted by Crippen LogP contribution is -2.12. The van der Waals surface area contributed by atoms with E-state index in [9.17, 15) is 0 Å². The van der Waals surface area contributed by atoms with Gasteiger partial charge >= 0.3 is 0 Å². The second kappa shape index (κ2) is 5.58. The van der Waals surface area contributed by atoms with Crippen LogP contribution in [0.1, 0.15) is 18.5 Å². The van der Waals surface area contributed by atoms with Crippen LogP contribution >= 0.6 is 23.4 Å². The summed E-state index contributed by atoms with van der Waals surface area (Å²) in [5, 5.41) is 4.83. The third-order valence-electron chi connectivity index (χ3n) is 2.56. The zero-order valence-electron chi connectivity index (χ0n) is 9.70. The molecule has 5 heteroatoms. The Labute approximate surface area is 110 Å². The number of halogens is 1. The second-order valence-electron chi connectivity index (χ2n) is 3.69. The Morgan fingerprint density at radius 3 is 2.88 bits per heavy atom. The normalized spacial score (nSPS) is 12.6. The Morgan fingerprint density at radius 2 is 2.29 bits per heavy atom. The lowest BCUT2D eigenvalue weighted by atomic mass is 10.1. The number of imidazole rings is 1. The van der Waals surface area contributed by atoms with Crippen molar-refractivity contribution in [3.05, 3.63) is 41.2 Å². The second-order valence-corrected chi connectivity index (χ2v) is 5.16. The van der Waals surface area contributed by atoms with E-state index in [1.54, 1.807) is 24.2 Å². The van der Waals surface area contributed by atoms with E-state index < -0.39 is 0 Å². The number of hydrogen-bond donors (Lipinski definition) is 2. The van der Waals surface area contributed by atoms with E-state index in [4.69, 9.17) is 11.6 Å². The third kappa shape index (κ3) is 3.03. The van der Waals surface area contributed by atoms with Gasteiger partial charge in [0.1, 0.15) is 0 Å². The molecule has 90 valence electrons. The minimum atomic E-state index is 0.255. The van der Waals surface area contributed by atoms with Crippen molar-refractivity contribution in [2.45, 2.75) is 23.0 Å². The summed E-state index contributed by atoms with van der Waals surface area (Å²) in [5.41, 5.74) is 1.11. The molecule has 17 heavy (non-hydrogen) atoms.